The Kier molecular flexibility index (Phi) is 5.79. The van der Waals surface area contributed by atoms with Crippen LogP contribution in [-0.4, -0.2) is 40.4 Å². The molecule has 1 aromatic carbocycles. The smallest absolute Gasteiger partial charge is 0.240 e. The summed E-state index contributed by atoms with van der Waals surface area (Å²) >= 11 is 0. The minimum absolute atomic E-state index is 0.0877. The molecule has 0 aliphatic carbocycles. The van der Waals surface area contributed by atoms with Gasteiger partial charge in [0.1, 0.15) is 0 Å². The zero-order valence-corrected chi connectivity index (χ0v) is 12.9. The Labute approximate surface area is 119 Å². The van der Waals surface area contributed by atoms with Crippen molar-refractivity contribution in [3.63, 3.8) is 0 Å². The van der Waals surface area contributed by atoms with Crippen molar-refractivity contribution in [2.75, 3.05) is 20.8 Å². The first-order chi connectivity index (χ1) is 9.35. The Hall–Kier alpha value is -1.31. The van der Waals surface area contributed by atoms with Crippen LogP contribution in [0.4, 0.5) is 0 Å². The van der Waals surface area contributed by atoms with Gasteiger partial charge in [0, 0.05) is 18.7 Å². The lowest BCUT2D eigenvalue weighted by molar-refractivity contribution is 0.216. The van der Waals surface area contributed by atoms with Gasteiger partial charge in [-0.2, -0.15) is 0 Å². The number of hydrogen-bond donors (Lipinski definition) is 2. The fraction of sp³-hybridized carbons (Fsp3) is 0.538. The molecule has 0 saturated heterocycles. The molecule has 2 unspecified atom stereocenters. The molecule has 0 aliphatic heterocycles. The van der Waals surface area contributed by atoms with E-state index in [1.54, 1.807) is 13.8 Å². The summed E-state index contributed by atoms with van der Waals surface area (Å²) in [5.74, 6) is 0.631. The highest BCUT2D eigenvalue weighted by Crippen LogP contribution is 2.29. The van der Waals surface area contributed by atoms with Crippen LogP contribution in [0.2, 0.25) is 0 Å². The standard InChI is InChI=1S/C13H21NO5S/c1-9(8-15)10(2)14-20(16,17)11-5-6-12(18-3)13(7-11)19-4/h5-7,9-10,14-15H,8H2,1-4H3. The Morgan fingerprint density at radius 3 is 2.30 bits per heavy atom. The molecule has 0 fully saturated rings. The summed E-state index contributed by atoms with van der Waals surface area (Å²) < 4.78 is 37.2. The summed E-state index contributed by atoms with van der Waals surface area (Å²) in [6, 6.07) is 4.00. The predicted octanol–water partition coefficient (Wildman–Crippen LogP) is 0.999. The molecule has 6 nitrogen and oxygen atoms in total. The van der Waals surface area contributed by atoms with Crippen molar-refractivity contribution in [1.82, 2.24) is 4.72 Å². The maximum atomic E-state index is 12.2. The second-order valence-corrected chi connectivity index (χ2v) is 6.30. The van der Waals surface area contributed by atoms with Gasteiger partial charge in [-0.25, -0.2) is 13.1 Å². The predicted molar refractivity (Wildman–Crippen MR) is 75.6 cm³/mol. The van der Waals surface area contributed by atoms with Gasteiger partial charge in [-0.05, 0) is 25.0 Å². The summed E-state index contributed by atoms with van der Waals surface area (Å²) in [6.07, 6.45) is 0. The van der Waals surface area contributed by atoms with Gasteiger partial charge in [-0.1, -0.05) is 6.92 Å². The third-order valence-electron chi connectivity index (χ3n) is 3.15. The first-order valence-electron chi connectivity index (χ1n) is 6.21. The number of aliphatic hydroxyl groups excluding tert-OH is 1. The first kappa shape index (κ1) is 16.7. The highest BCUT2D eigenvalue weighted by molar-refractivity contribution is 7.89. The van der Waals surface area contributed by atoms with Crippen LogP contribution >= 0.6 is 0 Å². The maximum absolute atomic E-state index is 12.2. The summed E-state index contributed by atoms with van der Waals surface area (Å²) in [4.78, 5) is 0.0899. The van der Waals surface area contributed by atoms with E-state index in [0.717, 1.165) is 0 Å². The van der Waals surface area contributed by atoms with Gasteiger partial charge in [0.2, 0.25) is 10.0 Å². The molecule has 7 heteroatoms. The van der Waals surface area contributed by atoms with Gasteiger partial charge in [0.15, 0.2) is 11.5 Å². The molecule has 0 heterocycles. The Balaban J connectivity index is 3.04. The quantitative estimate of drug-likeness (QED) is 0.785. The van der Waals surface area contributed by atoms with Crippen molar-refractivity contribution in [2.45, 2.75) is 24.8 Å². The van der Waals surface area contributed by atoms with Crippen LogP contribution in [0.3, 0.4) is 0 Å². The lowest BCUT2D eigenvalue weighted by Crippen LogP contribution is -2.38. The topological polar surface area (TPSA) is 84.9 Å². The van der Waals surface area contributed by atoms with Gasteiger partial charge in [-0.15, -0.1) is 0 Å². The Morgan fingerprint density at radius 1 is 1.20 bits per heavy atom. The molecular weight excluding hydrogens is 282 g/mol. The fourth-order valence-corrected chi connectivity index (χ4v) is 2.94. The van der Waals surface area contributed by atoms with E-state index >= 15 is 0 Å². The van der Waals surface area contributed by atoms with Gasteiger partial charge >= 0.3 is 0 Å². The van der Waals surface area contributed by atoms with Crippen LogP contribution < -0.4 is 14.2 Å². The van der Waals surface area contributed by atoms with E-state index in [2.05, 4.69) is 4.72 Å². The second-order valence-electron chi connectivity index (χ2n) is 4.59. The fourth-order valence-electron chi connectivity index (χ4n) is 1.57. The van der Waals surface area contributed by atoms with E-state index in [1.165, 1.54) is 32.4 Å². The van der Waals surface area contributed by atoms with Crippen LogP contribution in [0.1, 0.15) is 13.8 Å². The SMILES string of the molecule is COc1ccc(S(=O)(=O)NC(C)C(C)CO)cc1OC. The molecule has 2 N–H and O–H groups in total. The number of sulfonamides is 1. The van der Waals surface area contributed by atoms with Crippen molar-refractivity contribution in [3.05, 3.63) is 18.2 Å². The lowest BCUT2D eigenvalue weighted by Gasteiger charge is -2.19. The van der Waals surface area contributed by atoms with Crippen molar-refractivity contribution in [3.8, 4) is 11.5 Å². The van der Waals surface area contributed by atoms with E-state index in [1.807, 2.05) is 0 Å². The zero-order valence-electron chi connectivity index (χ0n) is 12.1. The molecule has 0 amide bonds. The molecule has 0 radical (unpaired) electrons. The van der Waals surface area contributed by atoms with Crippen molar-refractivity contribution >= 4 is 10.0 Å². The molecule has 1 rings (SSSR count). The van der Waals surface area contributed by atoms with Crippen LogP contribution in [-0.2, 0) is 10.0 Å². The minimum Gasteiger partial charge on any atom is -0.493 e. The largest absolute Gasteiger partial charge is 0.493 e. The summed E-state index contributed by atoms with van der Waals surface area (Å²) in [7, 11) is -0.745. The number of benzene rings is 1. The highest BCUT2D eigenvalue weighted by atomic mass is 32.2. The van der Waals surface area contributed by atoms with E-state index in [-0.39, 0.29) is 23.5 Å². The third kappa shape index (κ3) is 3.84. The van der Waals surface area contributed by atoms with E-state index in [0.29, 0.717) is 11.5 Å². The molecular formula is C13H21NO5S. The number of methoxy groups -OCH3 is 2. The second kappa shape index (κ2) is 6.92. The average Bonchev–Trinajstić information content (AvgIpc) is 2.44. The summed E-state index contributed by atoms with van der Waals surface area (Å²) in [5, 5.41) is 9.05. The van der Waals surface area contributed by atoms with Crippen LogP contribution in [0.25, 0.3) is 0 Å². The Morgan fingerprint density at radius 2 is 1.80 bits per heavy atom. The van der Waals surface area contributed by atoms with Gasteiger partial charge < -0.3 is 14.6 Å². The number of rotatable bonds is 7. The van der Waals surface area contributed by atoms with Crippen LogP contribution in [0, 0.1) is 5.92 Å². The van der Waals surface area contributed by atoms with E-state index in [4.69, 9.17) is 14.6 Å². The van der Waals surface area contributed by atoms with E-state index < -0.39 is 10.0 Å². The van der Waals surface area contributed by atoms with Crippen molar-refractivity contribution in [1.29, 1.82) is 0 Å². The molecule has 0 spiro atoms. The maximum Gasteiger partial charge on any atom is 0.240 e. The third-order valence-corrected chi connectivity index (χ3v) is 4.70. The monoisotopic (exact) mass is 303 g/mol. The van der Waals surface area contributed by atoms with Gasteiger partial charge in [0.25, 0.3) is 0 Å². The summed E-state index contributed by atoms with van der Waals surface area (Å²) in [6.45, 7) is 3.39. The molecule has 0 aliphatic rings. The number of nitrogens with one attached hydrogen (secondary N) is 1. The molecule has 0 saturated carbocycles. The highest BCUT2D eigenvalue weighted by Gasteiger charge is 2.22. The number of aliphatic hydroxyl groups is 1. The molecule has 114 valence electrons. The number of hydrogen-bond acceptors (Lipinski definition) is 5. The molecule has 0 bridgehead atoms. The lowest BCUT2D eigenvalue weighted by atomic mass is 10.1. The minimum atomic E-state index is -3.67. The molecule has 1 aromatic rings. The molecule has 0 aromatic heterocycles. The average molecular weight is 303 g/mol. The Bertz CT molecular complexity index is 544. The number of ether oxygens (including phenoxy) is 2. The molecule has 2 atom stereocenters. The van der Waals surface area contributed by atoms with Gasteiger partial charge in [0.05, 0.1) is 19.1 Å². The van der Waals surface area contributed by atoms with Crippen LogP contribution in [0.5, 0.6) is 11.5 Å². The summed E-state index contributed by atoms with van der Waals surface area (Å²) in [5.41, 5.74) is 0. The molecule has 20 heavy (non-hydrogen) atoms. The van der Waals surface area contributed by atoms with Crippen molar-refractivity contribution in [2.24, 2.45) is 5.92 Å². The van der Waals surface area contributed by atoms with E-state index in [9.17, 15) is 8.42 Å². The van der Waals surface area contributed by atoms with Crippen molar-refractivity contribution < 1.29 is 23.0 Å². The normalized spacial score (nSPS) is 14.7. The first-order valence-corrected chi connectivity index (χ1v) is 7.69. The zero-order chi connectivity index (χ0) is 15.3. The van der Waals surface area contributed by atoms with Crippen LogP contribution in [0.15, 0.2) is 23.1 Å². The van der Waals surface area contributed by atoms with Gasteiger partial charge in [-0.3, -0.25) is 0 Å².